The van der Waals surface area contributed by atoms with E-state index in [4.69, 9.17) is 5.73 Å². The fraction of sp³-hybridized carbons (Fsp3) is 0.522. The van der Waals surface area contributed by atoms with Crippen molar-refractivity contribution in [3.05, 3.63) is 36.0 Å². The number of hydrogen-bond donors (Lipinski definition) is 2. The number of aromatic amines is 1. The van der Waals surface area contributed by atoms with Crippen molar-refractivity contribution in [2.75, 3.05) is 18.0 Å². The molecule has 6 nitrogen and oxygen atoms in total. The summed E-state index contributed by atoms with van der Waals surface area (Å²) >= 11 is 0. The van der Waals surface area contributed by atoms with Crippen LogP contribution in [-0.4, -0.2) is 39.3 Å². The van der Waals surface area contributed by atoms with Crippen molar-refractivity contribution in [2.45, 2.75) is 52.3 Å². The molecule has 0 radical (unpaired) electrons. The SMILES string of the molecule is CCC1(CC(C)C)CN(c2ccc(C(F)(F)F)c(-c3[nH]nc4ncccc34)n2)CCC1N.[HH].[HH].[HH]. The number of alkyl halides is 3. The summed E-state index contributed by atoms with van der Waals surface area (Å²) in [6.07, 6.45) is -0.346. The summed E-state index contributed by atoms with van der Waals surface area (Å²) in [5.41, 5.74) is 6.07. The van der Waals surface area contributed by atoms with E-state index in [9.17, 15) is 13.2 Å². The minimum absolute atomic E-state index is 0. The molecule has 9 heteroatoms. The highest BCUT2D eigenvalue weighted by atomic mass is 19.4. The zero-order chi connectivity index (χ0) is 23.1. The molecule has 0 saturated carbocycles. The minimum atomic E-state index is -4.55. The van der Waals surface area contributed by atoms with Crippen LogP contribution in [0.3, 0.4) is 0 Å². The Kier molecular flexibility index (Phi) is 5.87. The van der Waals surface area contributed by atoms with Gasteiger partial charge in [-0.2, -0.15) is 18.3 Å². The average molecular weight is 453 g/mol. The molecule has 1 aliphatic heterocycles. The molecule has 3 N–H and O–H groups in total. The van der Waals surface area contributed by atoms with Crippen LogP contribution in [0.1, 0.15) is 49.9 Å². The molecule has 2 unspecified atom stereocenters. The smallest absolute Gasteiger partial charge is 0.356 e. The number of hydrogen-bond acceptors (Lipinski definition) is 5. The lowest BCUT2D eigenvalue weighted by Gasteiger charge is -2.48. The van der Waals surface area contributed by atoms with E-state index in [1.165, 1.54) is 6.07 Å². The van der Waals surface area contributed by atoms with Gasteiger partial charge < -0.3 is 10.6 Å². The summed E-state index contributed by atoms with van der Waals surface area (Å²) in [6, 6.07) is 6.01. The van der Waals surface area contributed by atoms with Crippen LogP contribution in [-0.2, 0) is 6.18 Å². The fourth-order valence-electron chi connectivity index (χ4n) is 5.00. The van der Waals surface area contributed by atoms with Gasteiger partial charge in [-0.25, -0.2) is 9.97 Å². The number of nitrogens with zero attached hydrogens (tertiary/aromatic N) is 4. The summed E-state index contributed by atoms with van der Waals surface area (Å²) in [7, 11) is 0. The molecule has 32 heavy (non-hydrogen) atoms. The largest absolute Gasteiger partial charge is 0.418 e. The van der Waals surface area contributed by atoms with Gasteiger partial charge in [0.2, 0.25) is 0 Å². The van der Waals surface area contributed by atoms with Crippen LogP contribution >= 0.6 is 0 Å². The van der Waals surface area contributed by atoms with Crippen LogP contribution in [0.4, 0.5) is 19.0 Å². The lowest BCUT2D eigenvalue weighted by atomic mass is 9.69. The normalized spacial score (nSPS) is 22.1. The quantitative estimate of drug-likeness (QED) is 0.514. The van der Waals surface area contributed by atoms with E-state index >= 15 is 0 Å². The maximum atomic E-state index is 13.9. The monoisotopic (exact) mass is 452 g/mol. The third kappa shape index (κ3) is 4.05. The maximum Gasteiger partial charge on any atom is 0.418 e. The minimum Gasteiger partial charge on any atom is -0.356 e. The molecule has 0 bridgehead atoms. The molecule has 0 amide bonds. The number of H-pyrrole nitrogens is 1. The number of nitrogens with two attached hydrogens (primary N) is 1. The molecule has 3 aromatic heterocycles. The Hall–Kier alpha value is -2.68. The zero-order valence-electron chi connectivity index (χ0n) is 18.6. The standard InChI is InChI=1S/C23H29F3N6.3H2/c1-4-22(12-14(2)3)13-32(11-9-17(22)27)18-8-7-16(23(24,25)26)20(29-18)19-15-6-5-10-28-21(15)31-30-19;;;/h5-8,10,14,17H,4,9,11-13,27H2,1-3H3,(H,28,30,31);3*1H. The van der Waals surface area contributed by atoms with E-state index in [-0.39, 0.29) is 27.1 Å². The van der Waals surface area contributed by atoms with Crippen molar-refractivity contribution >= 4 is 16.9 Å². The number of halogens is 3. The number of fused-ring (bicyclic) bond motifs is 1. The molecule has 0 spiro atoms. The van der Waals surface area contributed by atoms with Crippen LogP contribution in [0.5, 0.6) is 0 Å². The first-order chi connectivity index (χ1) is 15.1. The van der Waals surface area contributed by atoms with Crippen LogP contribution in [0.2, 0.25) is 0 Å². The van der Waals surface area contributed by atoms with E-state index in [0.717, 1.165) is 25.3 Å². The second-order valence-corrected chi connectivity index (χ2v) is 9.17. The highest BCUT2D eigenvalue weighted by Crippen LogP contribution is 2.42. The summed E-state index contributed by atoms with van der Waals surface area (Å²) in [6.45, 7) is 7.82. The molecule has 4 heterocycles. The fourth-order valence-corrected chi connectivity index (χ4v) is 5.00. The Balaban J connectivity index is 0.00000204. The second kappa shape index (κ2) is 8.35. The van der Waals surface area contributed by atoms with E-state index in [1.807, 2.05) is 0 Å². The average Bonchev–Trinajstić information content (AvgIpc) is 3.18. The molecule has 4 rings (SSSR count). The number of aromatic nitrogens is 4. The number of rotatable bonds is 5. The third-order valence-electron chi connectivity index (χ3n) is 6.60. The van der Waals surface area contributed by atoms with Crippen LogP contribution in [0.15, 0.2) is 30.5 Å². The van der Waals surface area contributed by atoms with Gasteiger partial charge in [0, 0.05) is 40.4 Å². The Morgan fingerprint density at radius 1 is 1.31 bits per heavy atom. The lowest BCUT2D eigenvalue weighted by molar-refractivity contribution is -0.137. The summed E-state index contributed by atoms with van der Waals surface area (Å²) in [4.78, 5) is 10.7. The first-order valence-corrected chi connectivity index (χ1v) is 11.0. The molecule has 178 valence electrons. The highest BCUT2D eigenvalue weighted by Gasteiger charge is 2.42. The molecule has 1 saturated heterocycles. The van der Waals surface area contributed by atoms with Crippen LogP contribution in [0.25, 0.3) is 22.4 Å². The summed E-state index contributed by atoms with van der Waals surface area (Å²) < 4.78 is 41.6. The van der Waals surface area contributed by atoms with E-state index in [1.54, 1.807) is 18.3 Å². The highest BCUT2D eigenvalue weighted by molar-refractivity contribution is 5.90. The summed E-state index contributed by atoms with van der Waals surface area (Å²) in [5.74, 6) is 0.994. The predicted octanol–water partition coefficient (Wildman–Crippen LogP) is 5.76. The topological polar surface area (TPSA) is 83.7 Å². The third-order valence-corrected chi connectivity index (χ3v) is 6.60. The van der Waals surface area contributed by atoms with E-state index in [0.29, 0.717) is 35.9 Å². The van der Waals surface area contributed by atoms with Gasteiger partial charge >= 0.3 is 6.18 Å². The van der Waals surface area contributed by atoms with Crippen molar-refractivity contribution in [1.29, 1.82) is 0 Å². The van der Waals surface area contributed by atoms with Gasteiger partial charge in [-0.15, -0.1) is 0 Å². The van der Waals surface area contributed by atoms with Gasteiger partial charge in [0.1, 0.15) is 11.5 Å². The van der Waals surface area contributed by atoms with Crippen molar-refractivity contribution in [3.63, 3.8) is 0 Å². The molecular weight excluding hydrogens is 417 g/mol. The molecule has 1 fully saturated rings. The maximum absolute atomic E-state index is 13.9. The molecular formula is C23H35F3N6. The molecule has 0 aliphatic carbocycles. The number of anilines is 1. The van der Waals surface area contributed by atoms with Gasteiger partial charge in [-0.1, -0.05) is 20.8 Å². The van der Waals surface area contributed by atoms with E-state index < -0.39 is 11.7 Å². The Morgan fingerprint density at radius 2 is 2.09 bits per heavy atom. The van der Waals surface area contributed by atoms with Gasteiger partial charge in [-0.05, 0) is 49.4 Å². The van der Waals surface area contributed by atoms with Crippen LogP contribution in [0, 0.1) is 11.3 Å². The van der Waals surface area contributed by atoms with Crippen molar-refractivity contribution in [2.24, 2.45) is 17.1 Å². The molecule has 1 aliphatic rings. The van der Waals surface area contributed by atoms with Gasteiger partial charge in [0.25, 0.3) is 0 Å². The second-order valence-electron chi connectivity index (χ2n) is 9.17. The number of pyridine rings is 2. The van der Waals surface area contributed by atoms with Gasteiger partial charge in [-0.3, -0.25) is 5.10 Å². The predicted molar refractivity (Wildman–Crippen MR) is 125 cm³/mol. The van der Waals surface area contributed by atoms with Crippen molar-refractivity contribution in [3.8, 4) is 11.4 Å². The van der Waals surface area contributed by atoms with Gasteiger partial charge in [0.15, 0.2) is 5.65 Å². The summed E-state index contributed by atoms with van der Waals surface area (Å²) in [5, 5.41) is 7.29. The molecule has 0 aromatic carbocycles. The van der Waals surface area contributed by atoms with Gasteiger partial charge in [0.05, 0.1) is 11.3 Å². The lowest BCUT2D eigenvalue weighted by Crippen LogP contribution is -2.56. The van der Waals surface area contributed by atoms with E-state index in [2.05, 4.69) is 45.8 Å². The Morgan fingerprint density at radius 3 is 2.78 bits per heavy atom. The molecule has 2 atom stereocenters. The number of piperidine rings is 1. The van der Waals surface area contributed by atoms with Crippen molar-refractivity contribution < 1.29 is 17.5 Å². The number of nitrogens with one attached hydrogen (secondary N) is 1. The Bertz CT molecular complexity index is 1110. The first kappa shape index (κ1) is 22.5. The first-order valence-electron chi connectivity index (χ1n) is 11.0. The molecule has 3 aromatic rings. The Labute approximate surface area is 189 Å². The van der Waals surface area contributed by atoms with Crippen LogP contribution < -0.4 is 10.6 Å². The zero-order valence-corrected chi connectivity index (χ0v) is 18.6. The van der Waals surface area contributed by atoms with Crippen molar-refractivity contribution in [1.82, 2.24) is 20.2 Å².